The fraction of sp³-hybridized carbons (Fsp3) is 0.250. The van der Waals surface area contributed by atoms with Gasteiger partial charge < -0.3 is 14.4 Å². The van der Waals surface area contributed by atoms with Gasteiger partial charge in [0.05, 0.1) is 6.07 Å². The van der Waals surface area contributed by atoms with Crippen LogP contribution in [0.2, 0.25) is 0 Å². The van der Waals surface area contributed by atoms with Crippen molar-refractivity contribution in [3.05, 3.63) is 48.3 Å². The first-order valence-electron chi connectivity index (χ1n) is 6.53. The summed E-state index contributed by atoms with van der Waals surface area (Å²) in [4.78, 5) is 12.4. The third-order valence-electron chi connectivity index (χ3n) is 3.24. The monoisotopic (exact) mass is 284 g/mol. The minimum absolute atomic E-state index is 0.125. The van der Waals surface area contributed by atoms with Crippen molar-refractivity contribution in [2.24, 2.45) is 7.05 Å². The molecule has 1 aromatic heterocycles. The van der Waals surface area contributed by atoms with E-state index in [1.54, 1.807) is 49.0 Å². The largest absolute Gasteiger partial charge is 0.508 e. The second-order valence-corrected chi connectivity index (χ2v) is 4.76. The minimum Gasteiger partial charge on any atom is -0.508 e. The molecule has 1 heterocycles. The second-order valence-electron chi connectivity index (χ2n) is 4.76. The molecule has 2 aromatic rings. The van der Waals surface area contributed by atoms with E-state index in [-0.39, 0.29) is 11.5 Å². The molecular formula is C16H16N2O3. The van der Waals surface area contributed by atoms with Crippen LogP contribution < -0.4 is 4.74 Å². The molecule has 1 aromatic carbocycles. The lowest BCUT2D eigenvalue weighted by Crippen LogP contribution is -2.29. The van der Waals surface area contributed by atoms with Crippen LogP contribution in [0.4, 0.5) is 0 Å². The van der Waals surface area contributed by atoms with Crippen molar-refractivity contribution >= 4 is 5.78 Å². The SMILES string of the molecule is CC(Oc1ccc(O)cc1)C(=O)C(C#N)c1cccn1C. The molecule has 0 bridgehead atoms. The molecular weight excluding hydrogens is 268 g/mol. The van der Waals surface area contributed by atoms with Crippen LogP contribution in [-0.4, -0.2) is 21.6 Å². The number of aromatic hydroxyl groups is 1. The third-order valence-corrected chi connectivity index (χ3v) is 3.24. The number of ether oxygens (including phenoxy) is 1. The predicted octanol–water partition coefficient (Wildman–Crippen LogP) is 2.37. The van der Waals surface area contributed by atoms with Crippen molar-refractivity contribution in [3.63, 3.8) is 0 Å². The molecule has 0 aliphatic rings. The molecule has 0 fully saturated rings. The summed E-state index contributed by atoms with van der Waals surface area (Å²) in [7, 11) is 1.79. The molecule has 2 unspecified atom stereocenters. The molecule has 5 heteroatoms. The Morgan fingerprint density at radius 1 is 1.33 bits per heavy atom. The van der Waals surface area contributed by atoms with E-state index < -0.39 is 12.0 Å². The molecule has 0 amide bonds. The Morgan fingerprint density at radius 3 is 2.52 bits per heavy atom. The topological polar surface area (TPSA) is 75.2 Å². The summed E-state index contributed by atoms with van der Waals surface area (Å²) in [6.45, 7) is 1.61. The molecule has 2 atom stereocenters. The average molecular weight is 284 g/mol. The second kappa shape index (κ2) is 6.14. The smallest absolute Gasteiger partial charge is 0.196 e. The first-order valence-corrected chi connectivity index (χ1v) is 6.53. The Hall–Kier alpha value is -2.74. The molecule has 21 heavy (non-hydrogen) atoms. The highest BCUT2D eigenvalue weighted by molar-refractivity contribution is 5.91. The first kappa shape index (κ1) is 14.7. The van der Waals surface area contributed by atoms with Gasteiger partial charge >= 0.3 is 0 Å². The zero-order valence-electron chi connectivity index (χ0n) is 11.9. The molecule has 0 aliphatic heterocycles. The zero-order chi connectivity index (χ0) is 15.4. The highest BCUT2D eigenvalue weighted by Crippen LogP contribution is 2.22. The van der Waals surface area contributed by atoms with E-state index in [2.05, 4.69) is 0 Å². The van der Waals surface area contributed by atoms with Gasteiger partial charge in [-0.05, 0) is 43.3 Å². The zero-order valence-corrected chi connectivity index (χ0v) is 11.9. The van der Waals surface area contributed by atoms with Crippen molar-refractivity contribution in [1.29, 1.82) is 5.26 Å². The van der Waals surface area contributed by atoms with Gasteiger partial charge in [0.1, 0.15) is 17.4 Å². The van der Waals surface area contributed by atoms with Crippen LogP contribution in [0.1, 0.15) is 18.5 Å². The number of phenolic OH excluding ortho intramolecular Hbond substituents is 1. The number of Topliss-reactive ketones (excluding diaryl/α,β-unsaturated/α-hetero) is 1. The van der Waals surface area contributed by atoms with Crippen LogP contribution >= 0.6 is 0 Å². The summed E-state index contributed by atoms with van der Waals surface area (Å²) >= 11 is 0. The van der Waals surface area contributed by atoms with Crippen molar-refractivity contribution in [3.8, 4) is 17.6 Å². The summed E-state index contributed by atoms with van der Waals surface area (Å²) in [5.74, 6) is -0.568. The van der Waals surface area contributed by atoms with Crippen LogP contribution in [-0.2, 0) is 11.8 Å². The molecule has 0 aliphatic carbocycles. The Bertz CT molecular complexity index is 668. The van der Waals surface area contributed by atoms with E-state index in [1.165, 1.54) is 12.1 Å². The van der Waals surface area contributed by atoms with Crippen LogP contribution in [0.15, 0.2) is 42.6 Å². The Morgan fingerprint density at radius 2 is 2.00 bits per heavy atom. The molecule has 108 valence electrons. The first-order chi connectivity index (χ1) is 10.0. The molecule has 1 N–H and O–H groups in total. The van der Waals surface area contributed by atoms with Gasteiger partial charge in [0.25, 0.3) is 0 Å². The van der Waals surface area contributed by atoms with E-state index in [1.807, 2.05) is 6.07 Å². The highest BCUT2D eigenvalue weighted by atomic mass is 16.5. The van der Waals surface area contributed by atoms with E-state index >= 15 is 0 Å². The predicted molar refractivity (Wildman–Crippen MR) is 77.0 cm³/mol. The lowest BCUT2D eigenvalue weighted by Gasteiger charge is -2.17. The van der Waals surface area contributed by atoms with Crippen molar-refractivity contribution in [2.45, 2.75) is 18.9 Å². The van der Waals surface area contributed by atoms with Gasteiger partial charge in [0, 0.05) is 18.9 Å². The number of carbonyl (C=O) groups is 1. The van der Waals surface area contributed by atoms with E-state index in [9.17, 15) is 15.2 Å². The quantitative estimate of drug-likeness (QED) is 0.914. The Kier molecular flexibility index (Phi) is 4.29. The summed E-state index contributed by atoms with van der Waals surface area (Å²) < 4.78 is 7.28. The summed E-state index contributed by atoms with van der Waals surface area (Å²) in [6.07, 6.45) is 1.03. The van der Waals surface area contributed by atoms with Gasteiger partial charge in [0.15, 0.2) is 11.9 Å². The van der Waals surface area contributed by atoms with Crippen molar-refractivity contribution in [1.82, 2.24) is 4.57 Å². The number of nitrogens with zero attached hydrogens (tertiary/aromatic N) is 2. The molecule has 2 rings (SSSR count). The van der Waals surface area contributed by atoms with Gasteiger partial charge in [-0.25, -0.2) is 0 Å². The summed E-state index contributed by atoms with van der Waals surface area (Å²) in [5.41, 5.74) is 0.642. The summed E-state index contributed by atoms with van der Waals surface area (Å²) in [5, 5.41) is 18.5. The lowest BCUT2D eigenvalue weighted by atomic mass is 9.98. The Labute approximate surface area is 123 Å². The van der Waals surface area contributed by atoms with E-state index in [4.69, 9.17) is 4.74 Å². The normalized spacial score (nSPS) is 13.2. The lowest BCUT2D eigenvalue weighted by molar-refractivity contribution is -0.125. The van der Waals surface area contributed by atoms with Crippen LogP contribution in [0.3, 0.4) is 0 Å². The number of aromatic nitrogens is 1. The number of carbonyl (C=O) groups excluding carboxylic acids is 1. The molecule has 0 radical (unpaired) electrons. The van der Waals surface area contributed by atoms with Gasteiger partial charge in [-0.1, -0.05) is 0 Å². The molecule has 0 spiro atoms. The van der Waals surface area contributed by atoms with Gasteiger partial charge in [-0.2, -0.15) is 5.26 Å². The number of rotatable bonds is 5. The third kappa shape index (κ3) is 3.23. The fourth-order valence-electron chi connectivity index (χ4n) is 2.07. The maximum Gasteiger partial charge on any atom is 0.196 e. The number of aryl methyl sites for hydroxylation is 1. The van der Waals surface area contributed by atoms with E-state index in [0.717, 1.165) is 0 Å². The standard InChI is InChI=1S/C16H16N2O3/c1-11(21-13-7-5-12(19)6-8-13)16(20)14(10-17)15-4-3-9-18(15)2/h3-9,11,14,19H,1-2H3. The van der Waals surface area contributed by atoms with Crippen molar-refractivity contribution < 1.29 is 14.6 Å². The number of hydrogen-bond donors (Lipinski definition) is 1. The van der Waals surface area contributed by atoms with Crippen LogP contribution in [0.25, 0.3) is 0 Å². The number of benzene rings is 1. The number of phenols is 1. The number of hydrogen-bond acceptors (Lipinski definition) is 4. The summed E-state index contributed by atoms with van der Waals surface area (Å²) in [6, 6.07) is 11.7. The van der Waals surface area contributed by atoms with Crippen LogP contribution in [0, 0.1) is 11.3 Å². The Balaban J connectivity index is 2.13. The number of nitriles is 1. The van der Waals surface area contributed by atoms with Gasteiger partial charge in [0.2, 0.25) is 0 Å². The van der Waals surface area contributed by atoms with Crippen LogP contribution in [0.5, 0.6) is 11.5 Å². The molecule has 0 saturated heterocycles. The van der Waals surface area contributed by atoms with Gasteiger partial charge in [-0.3, -0.25) is 4.79 Å². The maximum atomic E-state index is 12.4. The maximum absolute atomic E-state index is 12.4. The van der Waals surface area contributed by atoms with Crippen molar-refractivity contribution in [2.75, 3.05) is 0 Å². The number of ketones is 1. The highest BCUT2D eigenvalue weighted by Gasteiger charge is 2.28. The minimum atomic E-state index is -0.864. The fourth-order valence-corrected chi connectivity index (χ4v) is 2.07. The average Bonchev–Trinajstić information content (AvgIpc) is 2.88. The molecule has 0 saturated carbocycles. The molecule has 5 nitrogen and oxygen atoms in total. The van der Waals surface area contributed by atoms with Gasteiger partial charge in [-0.15, -0.1) is 0 Å². The van der Waals surface area contributed by atoms with E-state index in [0.29, 0.717) is 11.4 Å².